The summed E-state index contributed by atoms with van der Waals surface area (Å²) in [4.78, 5) is 17.3. The van der Waals surface area contributed by atoms with Gasteiger partial charge in [-0.25, -0.2) is 12.8 Å². The largest absolute Gasteiger partial charge is 1.00 e. The maximum Gasteiger partial charge on any atom is 1.00 e. The number of rotatable bonds is 8. The van der Waals surface area contributed by atoms with Gasteiger partial charge in [-0.1, -0.05) is 38.1 Å². The number of aromatic nitrogens is 3. The molecule has 7 nitrogen and oxygen atoms in total. The molecule has 2 aliphatic rings. The molecule has 0 saturated carbocycles. The van der Waals surface area contributed by atoms with E-state index in [2.05, 4.69) is 36.6 Å². The number of hydrogen-bond donors (Lipinski definition) is 2. The molecule has 2 aliphatic heterocycles. The molecule has 2 aromatic heterocycles. The second kappa shape index (κ2) is 12.8. The molecule has 2 N–H and O–H groups in total. The summed E-state index contributed by atoms with van der Waals surface area (Å²) in [5.74, 6) is 1.11. The third-order valence-corrected chi connectivity index (χ3v) is 7.76. The topological polar surface area (TPSA) is 83.4 Å². The molecule has 6 rings (SSSR count). The Hall–Kier alpha value is -2.85. The van der Waals surface area contributed by atoms with E-state index in [9.17, 15) is 5.11 Å². The SMILES string of the molecule is [CH2-]CC[CH-]C(C)Oc1nc(N2CC3CCC(C2)N3)c2cnc(-c3cc(O)cc4ccccc34)c(CC)c2n1.[CH3-].[Li+]. The van der Waals surface area contributed by atoms with Gasteiger partial charge in [0.1, 0.15) is 11.6 Å². The molecule has 2 bridgehead atoms. The fourth-order valence-electron chi connectivity index (χ4n) is 5.99. The van der Waals surface area contributed by atoms with E-state index >= 15 is 0 Å². The van der Waals surface area contributed by atoms with E-state index in [0.29, 0.717) is 18.1 Å². The standard InChI is InChI=1S/C31H35N5O2.CH3.Li/c1-4-6-9-19(3)38-31-34-29-24(5-2)28(26-15-23(37)14-20-10-7-8-11-25(20)26)32-16-27(29)30(35-31)36-17-21-12-13-22(18-36)33-21;;/h7-11,14-16,19,21-22,33,37H,1,4-6,12-13,17-18H2,2-3H3;1H3;/q-2;-1;+1. The molecule has 0 radical (unpaired) electrons. The van der Waals surface area contributed by atoms with Gasteiger partial charge in [0, 0.05) is 42.5 Å². The number of phenols is 1. The molecule has 40 heavy (non-hydrogen) atoms. The van der Waals surface area contributed by atoms with Crippen LogP contribution in [0, 0.1) is 20.8 Å². The molecule has 8 heteroatoms. The summed E-state index contributed by atoms with van der Waals surface area (Å²) in [5.41, 5.74) is 3.62. The summed E-state index contributed by atoms with van der Waals surface area (Å²) in [6.07, 6.45) is 8.72. The molecular weight excluding hydrogens is 493 g/mol. The second-order valence-electron chi connectivity index (χ2n) is 10.5. The summed E-state index contributed by atoms with van der Waals surface area (Å²) < 4.78 is 6.25. The van der Waals surface area contributed by atoms with Crippen molar-refractivity contribution in [3.05, 3.63) is 68.9 Å². The van der Waals surface area contributed by atoms with Crippen molar-refractivity contribution in [2.45, 2.75) is 64.1 Å². The Kier molecular flexibility index (Phi) is 9.61. The predicted octanol–water partition coefficient (Wildman–Crippen LogP) is 3.09. The second-order valence-corrected chi connectivity index (χ2v) is 10.5. The Labute approximate surface area is 249 Å². The number of fused-ring (bicyclic) bond motifs is 4. The molecule has 4 heterocycles. The third-order valence-electron chi connectivity index (χ3n) is 7.76. The summed E-state index contributed by atoms with van der Waals surface area (Å²) in [7, 11) is 0. The molecule has 2 fully saturated rings. The van der Waals surface area contributed by atoms with Crippen LogP contribution < -0.4 is 33.8 Å². The number of nitrogens with zero attached hydrogens (tertiary/aromatic N) is 4. The summed E-state index contributed by atoms with van der Waals surface area (Å²) in [6.45, 7) is 9.90. The molecule has 206 valence electrons. The van der Waals surface area contributed by atoms with Crippen molar-refractivity contribution < 1.29 is 28.7 Å². The van der Waals surface area contributed by atoms with Gasteiger partial charge in [-0.05, 0) is 48.3 Å². The number of aryl methyl sites for hydroxylation is 1. The number of aromatic hydroxyl groups is 1. The number of hydrogen-bond acceptors (Lipinski definition) is 7. The number of ether oxygens (including phenoxy) is 1. The Morgan fingerprint density at radius 2 is 1.90 bits per heavy atom. The molecule has 0 aliphatic carbocycles. The van der Waals surface area contributed by atoms with Gasteiger partial charge in [-0.3, -0.25) is 11.4 Å². The predicted molar refractivity (Wildman–Crippen MR) is 159 cm³/mol. The number of pyridine rings is 1. The smallest absolute Gasteiger partial charge is 0.508 e. The maximum atomic E-state index is 10.5. The summed E-state index contributed by atoms with van der Waals surface area (Å²) in [5, 5.41) is 17.2. The van der Waals surface area contributed by atoms with Crippen LogP contribution in [-0.4, -0.2) is 51.3 Å². The van der Waals surface area contributed by atoms with Gasteiger partial charge in [-0.15, -0.1) is 0 Å². The van der Waals surface area contributed by atoms with E-state index < -0.39 is 0 Å². The third kappa shape index (κ3) is 5.79. The van der Waals surface area contributed by atoms with Crippen molar-refractivity contribution in [3.8, 4) is 23.0 Å². The Morgan fingerprint density at radius 3 is 2.62 bits per heavy atom. The van der Waals surface area contributed by atoms with E-state index in [4.69, 9.17) is 19.7 Å². The van der Waals surface area contributed by atoms with E-state index in [1.807, 2.05) is 31.3 Å². The average Bonchev–Trinajstić information content (AvgIpc) is 3.27. The fraction of sp³-hybridized carbons (Fsp3) is 0.375. The number of anilines is 1. The molecule has 2 saturated heterocycles. The van der Waals surface area contributed by atoms with Gasteiger partial charge in [0.15, 0.2) is 0 Å². The van der Waals surface area contributed by atoms with Crippen LogP contribution in [0.2, 0.25) is 0 Å². The number of piperazine rings is 1. The van der Waals surface area contributed by atoms with Crippen molar-refractivity contribution in [2.75, 3.05) is 18.0 Å². The van der Waals surface area contributed by atoms with Crippen LogP contribution in [0.25, 0.3) is 32.9 Å². The van der Waals surface area contributed by atoms with Crippen molar-refractivity contribution in [1.29, 1.82) is 0 Å². The van der Waals surface area contributed by atoms with E-state index in [1.54, 1.807) is 12.1 Å². The first-order valence-corrected chi connectivity index (χ1v) is 13.8. The molecule has 0 spiro atoms. The number of nitrogens with one attached hydrogen (secondary N) is 1. The maximum absolute atomic E-state index is 10.5. The molecule has 0 amide bonds. The van der Waals surface area contributed by atoms with Crippen molar-refractivity contribution in [2.24, 2.45) is 0 Å². The van der Waals surface area contributed by atoms with E-state index in [1.165, 1.54) is 12.8 Å². The molecule has 4 aromatic rings. The van der Waals surface area contributed by atoms with E-state index in [-0.39, 0.29) is 38.1 Å². The molecular formula is C32H38LiN5O2-2. The van der Waals surface area contributed by atoms with Gasteiger partial charge in [0.05, 0.1) is 16.6 Å². The zero-order valence-electron chi connectivity index (χ0n) is 24.2. The fourth-order valence-corrected chi connectivity index (χ4v) is 5.99. The summed E-state index contributed by atoms with van der Waals surface area (Å²) >= 11 is 0. The van der Waals surface area contributed by atoms with Gasteiger partial charge in [0.2, 0.25) is 0 Å². The average molecular weight is 532 g/mol. The van der Waals surface area contributed by atoms with Crippen molar-refractivity contribution in [3.63, 3.8) is 0 Å². The van der Waals surface area contributed by atoms with Crippen molar-refractivity contribution >= 4 is 27.5 Å². The molecule has 3 atom stereocenters. The van der Waals surface area contributed by atoms with Gasteiger partial charge >= 0.3 is 24.9 Å². The Morgan fingerprint density at radius 1 is 1.15 bits per heavy atom. The minimum atomic E-state index is -0.123. The monoisotopic (exact) mass is 531 g/mol. The quantitative estimate of drug-likeness (QED) is 0.267. The van der Waals surface area contributed by atoms with Crippen LogP contribution in [0.4, 0.5) is 5.82 Å². The Bertz CT molecular complexity index is 1470. The number of unbranched alkanes of at least 4 members (excludes halogenated alkanes) is 1. The first kappa shape index (κ1) is 30.1. The zero-order chi connectivity index (χ0) is 26.2. The summed E-state index contributed by atoms with van der Waals surface area (Å²) in [6, 6.07) is 13.0. The van der Waals surface area contributed by atoms with Crippen molar-refractivity contribution in [1.82, 2.24) is 20.3 Å². The van der Waals surface area contributed by atoms with Crippen LogP contribution >= 0.6 is 0 Å². The molecule has 3 unspecified atom stereocenters. The Balaban J connectivity index is 0.00000185. The van der Waals surface area contributed by atoms with Crippen LogP contribution in [-0.2, 0) is 6.42 Å². The van der Waals surface area contributed by atoms with Gasteiger partial charge in [0.25, 0.3) is 0 Å². The number of phenolic OH excluding ortho intramolecular Hbond substituents is 1. The van der Waals surface area contributed by atoms with Crippen LogP contribution in [0.5, 0.6) is 11.8 Å². The molecule has 2 aromatic carbocycles. The van der Waals surface area contributed by atoms with Crippen LogP contribution in [0.1, 0.15) is 45.1 Å². The van der Waals surface area contributed by atoms with Gasteiger partial charge in [-0.2, -0.15) is 9.97 Å². The number of benzene rings is 2. The minimum absolute atomic E-state index is 0. The van der Waals surface area contributed by atoms with Crippen LogP contribution in [0.3, 0.4) is 0 Å². The normalized spacial score (nSPS) is 18.8. The van der Waals surface area contributed by atoms with E-state index in [0.717, 1.165) is 76.7 Å². The van der Waals surface area contributed by atoms with Crippen LogP contribution in [0.15, 0.2) is 42.6 Å². The minimum Gasteiger partial charge on any atom is -0.508 e. The first-order valence-electron chi connectivity index (χ1n) is 13.8. The zero-order valence-corrected chi connectivity index (χ0v) is 24.2. The van der Waals surface area contributed by atoms with Gasteiger partial charge < -0.3 is 34.4 Å². The first-order chi connectivity index (χ1) is 18.5.